The first-order valence-corrected chi connectivity index (χ1v) is 11.0. The zero-order chi connectivity index (χ0) is 20.9. The van der Waals surface area contributed by atoms with Crippen molar-refractivity contribution in [2.45, 2.75) is 25.9 Å². The van der Waals surface area contributed by atoms with E-state index in [4.69, 9.17) is 0 Å². The zero-order valence-electron chi connectivity index (χ0n) is 16.9. The SMILES string of the molecule is Cc1cccc(NC(=O)C(=O)NC[C@@H](c2cccs2)N2CCc3ccccc3C2)c1. The maximum atomic E-state index is 12.4. The third kappa shape index (κ3) is 4.78. The monoisotopic (exact) mass is 419 g/mol. The van der Waals surface area contributed by atoms with Gasteiger partial charge < -0.3 is 10.6 Å². The summed E-state index contributed by atoms with van der Waals surface area (Å²) in [5, 5.41) is 7.56. The maximum absolute atomic E-state index is 12.4. The summed E-state index contributed by atoms with van der Waals surface area (Å²) in [6.07, 6.45) is 0.986. The Balaban J connectivity index is 1.42. The number of nitrogens with zero attached hydrogens (tertiary/aromatic N) is 1. The average Bonchev–Trinajstić information content (AvgIpc) is 3.28. The molecule has 1 aliphatic rings. The Bertz CT molecular complexity index is 1030. The molecule has 1 aliphatic heterocycles. The molecule has 0 bridgehead atoms. The van der Waals surface area contributed by atoms with E-state index in [1.54, 1.807) is 17.4 Å². The summed E-state index contributed by atoms with van der Waals surface area (Å²) in [4.78, 5) is 28.3. The fourth-order valence-corrected chi connectivity index (χ4v) is 4.72. The molecule has 5 nitrogen and oxygen atoms in total. The minimum atomic E-state index is -0.644. The molecular weight excluding hydrogens is 394 g/mol. The average molecular weight is 420 g/mol. The van der Waals surface area contributed by atoms with Gasteiger partial charge in [0.25, 0.3) is 0 Å². The first kappa shape index (κ1) is 20.3. The van der Waals surface area contributed by atoms with E-state index in [2.05, 4.69) is 45.9 Å². The number of carbonyl (C=O) groups excluding carboxylic acids is 2. The van der Waals surface area contributed by atoms with Crippen LogP contribution in [0.2, 0.25) is 0 Å². The Morgan fingerprint density at radius 2 is 1.87 bits per heavy atom. The smallest absolute Gasteiger partial charge is 0.313 e. The third-order valence-electron chi connectivity index (χ3n) is 5.41. The lowest BCUT2D eigenvalue weighted by Crippen LogP contribution is -2.43. The second kappa shape index (κ2) is 9.24. The Labute approximate surface area is 180 Å². The van der Waals surface area contributed by atoms with Gasteiger partial charge in [0, 0.05) is 30.2 Å². The molecule has 2 amide bonds. The Morgan fingerprint density at radius 3 is 2.63 bits per heavy atom. The highest BCUT2D eigenvalue weighted by Crippen LogP contribution is 2.30. The summed E-state index contributed by atoms with van der Waals surface area (Å²) < 4.78 is 0. The molecule has 3 aromatic rings. The van der Waals surface area contributed by atoms with E-state index in [-0.39, 0.29) is 6.04 Å². The number of rotatable bonds is 5. The van der Waals surface area contributed by atoms with Crippen molar-refractivity contribution in [1.29, 1.82) is 0 Å². The van der Waals surface area contributed by atoms with Gasteiger partial charge in [-0.05, 0) is 53.6 Å². The van der Waals surface area contributed by atoms with E-state index in [0.717, 1.165) is 25.1 Å². The van der Waals surface area contributed by atoms with Crippen LogP contribution in [0.1, 0.15) is 27.6 Å². The first-order valence-electron chi connectivity index (χ1n) is 10.1. The van der Waals surface area contributed by atoms with Crippen molar-refractivity contribution >= 4 is 28.8 Å². The van der Waals surface area contributed by atoms with Crippen molar-refractivity contribution in [3.8, 4) is 0 Å². The van der Waals surface area contributed by atoms with Crippen molar-refractivity contribution in [2.24, 2.45) is 0 Å². The van der Waals surface area contributed by atoms with Gasteiger partial charge in [-0.3, -0.25) is 14.5 Å². The fraction of sp³-hybridized carbons (Fsp3) is 0.250. The molecule has 0 saturated heterocycles. The highest BCUT2D eigenvalue weighted by molar-refractivity contribution is 7.10. The lowest BCUT2D eigenvalue weighted by atomic mass is 9.98. The highest BCUT2D eigenvalue weighted by Gasteiger charge is 2.26. The molecule has 0 aliphatic carbocycles. The molecule has 2 aromatic carbocycles. The van der Waals surface area contributed by atoms with Crippen LogP contribution in [0.25, 0.3) is 0 Å². The number of carbonyl (C=O) groups is 2. The number of nitrogens with one attached hydrogen (secondary N) is 2. The Hall–Kier alpha value is -2.96. The number of amides is 2. The minimum absolute atomic E-state index is 0.0362. The van der Waals surface area contributed by atoms with Crippen LogP contribution in [-0.2, 0) is 22.6 Å². The molecule has 0 saturated carbocycles. The fourth-order valence-electron chi connectivity index (χ4n) is 3.85. The van der Waals surface area contributed by atoms with Gasteiger partial charge in [-0.15, -0.1) is 11.3 Å². The lowest BCUT2D eigenvalue weighted by molar-refractivity contribution is -0.136. The quantitative estimate of drug-likeness (QED) is 0.617. The van der Waals surface area contributed by atoms with Crippen LogP contribution in [0.15, 0.2) is 66.0 Å². The number of hydrogen-bond acceptors (Lipinski definition) is 4. The van der Waals surface area contributed by atoms with E-state index in [1.807, 2.05) is 36.6 Å². The summed E-state index contributed by atoms with van der Waals surface area (Å²) in [6, 6.07) is 20.1. The number of benzene rings is 2. The molecule has 2 N–H and O–H groups in total. The molecular formula is C24H25N3O2S. The number of hydrogen-bond donors (Lipinski definition) is 2. The van der Waals surface area contributed by atoms with Gasteiger partial charge in [0.2, 0.25) is 0 Å². The van der Waals surface area contributed by atoms with Crippen molar-refractivity contribution in [2.75, 3.05) is 18.4 Å². The zero-order valence-corrected chi connectivity index (χ0v) is 17.7. The summed E-state index contributed by atoms with van der Waals surface area (Å²) in [5.74, 6) is -1.26. The van der Waals surface area contributed by atoms with E-state index in [9.17, 15) is 9.59 Å². The van der Waals surface area contributed by atoms with Gasteiger partial charge in [-0.1, -0.05) is 42.5 Å². The first-order chi connectivity index (χ1) is 14.6. The predicted molar refractivity (Wildman–Crippen MR) is 120 cm³/mol. The molecule has 2 heterocycles. The molecule has 0 radical (unpaired) electrons. The van der Waals surface area contributed by atoms with Crippen molar-refractivity contribution < 1.29 is 9.59 Å². The van der Waals surface area contributed by atoms with E-state index >= 15 is 0 Å². The second-order valence-electron chi connectivity index (χ2n) is 7.55. The van der Waals surface area contributed by atoms with Gasteiger partial charge in [0.1, 0.15) is 0 Å². The summed E-state index contributed by atoms with van der Waals surface area (Å²) in [5.41, 5.74) is 4.36. The molecule has 6 heteroatoms. The lowest BCUT2D eigenvalue weighted by Gasteiger charge is -2.35. The van der Waals surface area contributed by atoms with Crippen LogP contribution >= 0.6 is 11.3 Å². The van der Waals surface area contributed by atoms with Gasteiger partial charge in [-0.25, -0.2) is 0 Å². The Morgan fingerprint density at radius 1 is 1.03 bits per heavy atom. The normalized spacial score (nSPS) is 14.6. The molecule has 4 rings (SSSR count). The van der Waals surface area contributed by atoms with Gasteiger partial charge in [0.15, 0.2) is 0 Å². The van der Waals surface area contributed by atoms with Crippen molar-refractivity contribution in [3.05, 3.63) is 87.6 Å². The predicted octanol–water partition coefficient (Wildman–Crippen LogP) is 3.91. The van der Waals surface area contributed by atoms with Gasteiger partial charge in [0.05, 0.1) is 6.04 Å². The molecule has 1 atom stereocenters. The molecule has 0 fully saturated rings. The molecule has 154 valence electrons. The van der Waals surface area contributed by atoms with Gasteiger partial charge >= 0.3 is 11.8 Å². The van der Waals surface area contributed by atoms with Crippen LogP contribution in [0.4, 0.5) is 5.69 Å². The standard InChI is InChI=1S/C24H25N3O2S/c1-17-6-4-9-20(14-17)26-24(29)23(28)25-15-21(22-10-5-13-30-22)27-12-11-18-7-2-3-8-19(18)16-27/h2-10,13-14,21H,11-12,15-16H2,1H3,(H,25,28)(H,26,29)/t21-/m0/s1. The third-order valence-corrected chi connectivity index (χ3v) is 6.38. The van der Waals surface area contributed by atoms with Crippen LogP contribution in [0, 0.1) is 6.92 Å². The summed E-state index contributed by atoms with van der Waals surface area (Å²) in [6.45, 7) is 4.09. The van der Waals surface area contributed by atoms with Crippen LogP contribution < -0.4 is 10.6 Å². The highest BCUT2D eigenvalue weighted by atomic mass is 32.1. The van der Waals surface area contributed by atoms with E-state index in [0.29, 0.717) is 12.2 Å². The number of anilines is 1. The molecule has 0 unspecified atom stereocenters. The van der Waals surface area contributed by atoms with Crippen LogP contribution in [0.3, 0.4) is 0 Å². The van der Waals surface area contributed by atoms with Crippen LogP contribution in [0.5, 0.6) is 0 Å². The molecule has 1 aromatic heterocycles. The second-order valence-corrected chi connectivity index (χ2v) is 8.53. The minimum Gasteiger partial charge on any atom is -0.346 e. The maximum Gasteiger partial charge on any atom is 0.313 e. The van der Waals surface area contributed by atoms with Crippen molar-refractivity contribution in [3.63, 3.8) is 0 Å². The number of thiophene rings is 1. The van der Waals surface area contributed by atoms with Crippen molar-refractivity contribution in [1.82, 2.24) is 10.2 Å². The van der Waals surface area contributed by atoms with Gasteiger partial charge in [-0.2, -0.15) is 0 Å². The summed E-state index contributed by atoms with van der Waals surface area (Å²) >= 11 is 1.68. The molecule has 0 spiro atoms. The topological polar surface area (TPSA) is 61.4 Å². The summed E-state index contributed by atoms with van der Waals surface area (Å²) in [7, 11) is 0. The Kier molecular flexibility index (Phi) is 6.26. The van der Waals surface area contributed by atoms with Crippen LogP contribution in [-0.4, -0.2) is 29.8 Å². The van der Waals surface area contributed by atoms with E-state index < -0.39 is 11.8 Å². The largest absolute Gasteiger partial charge is 0.346 e. The number of aryl methyl sites for hydroxylation is 1. The van der Waals surface area contributed by atoms with E-state index in [1.165, 1.54) is 16.0 Å². The number of fused-ring (bicyclic) bond motifs is 1. The molecule has 30 heavy (non-hydrogen) atoms.